The van der Waals surface area contributed by atoms with Crippen LogP contribution in [-0.4, -0.2) is 19.7 Å². The van der Waals surface area contributed by atoms with Crippen LogP contribution in [0.5, 0.6) is 11.5 Å². The number of aryl methyl sites for hydroxylation is 1. The lowest BCUT2D eigenvalue weighted by Crippen LogP contribution is -2.09. The number of methoxy groups -OCH3 is 1. The number of ether oxygens (including phenoxy) is 3. The molecule has 1 aliphatic rings. The predicted octanol–water partition coefficient (Wildman–Crippen LogP) is 5.89. The minimum atomic E-state index is -4.38. The Bertz CT molecular complexity index is 1120. The Morgan fingerprint density at radius 1 is 1.12 bits per heavy atom. The van der Waals surface area contributed by atoms with E-state index in [1.165, 1.54) is 19.2 Å². The van der Waals surface area contributed by atoms with Crippen LogP contribution in [0.1, 0.15) is 34.8 Å². The number of halogens is 3. The normalized spacial score (nSPS) is 15.2. The van der Waals surface area contributed by atoms with E-state index >= 15 is 0 Å². The van der Waals surface area contributed by atoms with Gasteiger partial charge in [0.05, 0.1) is 25.7 Å². The molecular formula is C24H21F3O5. The number of benzene rings is 2. The number of hydrogen-bond donors (Lipinski definition) is 0. The van der Waals surface area contributed by atoms with Crippen molar-refractivity contribution in [1.29, 1.82) is 0 Å². The Labute approximate surface area is 182 Å². The number of rotatable bonds is 6. The Kier molecular flexibility index (Phi) is 5.86. The van der Waals surface area contributed by atoms with Crippen LogP contribution in [0.4, 0.5) is 13.2 Å². The molecule has 0 bridgehead atoms. The number of esters is 1. The van der Waals surface area contributed by atoms with Crippen molar-refractivity contribution in [2.24, 2.45) is 0 Å². The minimum absolute atomic E-state index is 0.0473. The quantitative estimate of drug-likeness (QED) is 0.442. The van der Waals surface area contributed by atoms with E-state index in [9.17, 15) is 18.0 Å². The number of carbonyl (C=O) groups is 1. The molecule has 0 saturated heterocycles. The van der Waals surface area contributed by atoms with Crippen LogP contribution in [0.25, 0.3) is 11.3 Å². The van der Waals surface area contributed by atoms with E-state index in [-0.39, 0.29) is 24.9 Å². The highest BCUT2D eigenvalue weighted by Gasteiger charge is 2.30. The van der Waals surface area contributed by atoms with Gasteiger partial charge in [-0.1, -0.05) is 18.2 Å². The highest BCUT2D eigenvalue weighted by atomic mass is 19.4. The maximum Gasteiger partial charge on any atom is 0.416 e. The number of alkyl halides is 3. The fourth-order valence-corrected chi connectivity index (χ4v) is 3.59. The van der Waals surface area contributed by atoms with E-state index in [0.29, 0.717) is 35.2 Å². The summed E-state index contributed by atoms with van der Waals surface area (Å²) in [6.07, 6.45) is -4.12. The van der Waals surface area contributed by atoms with Gasteiger partial charge in [0.2, 0.25) is 0 Å². The molecular weight excluding hydrogens is 425 g/mol. The van der Waals surface area contributed by atoms with Crippen LogP contribution >= 0.6 is 0 Å². The molecule has 2 heterocycles. The van der Waals surface area contributed by atoms with Gasteiger partial charge >= 0.3 is 12.1 Å². The highest BCUT2D eigenvalue weighted by Crippen LogP contribution is 2.39. The van der Waals surface area contributed by atoms with Crippen molar-refractivity contribution >= 4 is 5.97 Å². The first-order valence-electron chi connectivity index (χ1n) is 9.98. The lowest BCUT2D eigenvalue weighted by Gasteiger charge is -2.09. The van der Waals surface area contributed by atoms with Gasteiger partial charge in [-0.15, -0.1) is 0 Å². The summed E-state index contributed by atoms with van der Waals surface area (Å²) in [5, 5.41) is 0. The standard InChI is InChI=1S/C24H21F3O5/c1-14-16(9-21(32-14)15-3-5-18(6-4-15)24(25,26)27)12-30-19-7-8-20-17(10-23(28)29-2)13-31-22(20)11-19/h3-9,11,17H,10,12-13H2,1-2H3. The molecule has 0 N–H and O–H groups in total. The fraction of sp³-hybridized carbons (Fsp3) is 0.292. The molecule has 32 heavy (non-hydrogen) atoms. The van der Waals surface area contributed by atoms with Crippen molar-refractivity contribution in [3.8, 4) is 22.8 Å². The van der Waals surface area contributed by atoms with Gasteiger partial charge in [-0.05, 0) is 31.2 Å². The number of fused-ring (bicyclic) bond motifs is 1. The number of hydrogen-bond acceptors (Lipinski definition) is 5. The van der Waals surface area contributed by atoms with Gasteiger partial charge in [0.1, 0.15) is 29.6 Å². The molecule has 2 aromatic carbocycles. The average Bonchev–Trinajstić information content (AvgIpc) is 3.34. The van der Waals surface area contributed by atoms with Gasteiger partial charge < -0.3 is 18.6 Å². The Morgan fingerprint density at radius 2 is 1.88 bits per heavy atom. The average molecular weight is 446 g/mol. The third kappa shape index (κ3) is 4.59. The molecule has 0 fully saturated rings. The third-order valence-electron chi connectivity index (χ3n) is 5.42. The van der Waals surface area contributed by atoms with Gasteiger partial charge in [-0.25, -0.2) is 0 Å². The Hall–Kier alpha value is -3.42. The van der Waals surface area contributed by atoms with Crippen LogP contribution in [0.15, 0.2) is 52.9 Å². The van der Waals surface area contributed by atoms with E-state index < -0.39 is 11.7 Å². The molecule has 5 nitrogen and oxygen atoms in total. The summed E-state index contributed by atoms with van der Waals surface area (Å²) in [6, 6.07) is 12.0. The second-order valence-electron chi connectivity index (χ2n) is 7.54. The van der Waals surface area contributed by atoms with Crippen molar-refractivity contribution in [1.82, 2.24) is 0 Å². The molecule has 4 rings (SSSR count). The summed E-state index contributed by atoms with van der Waals surface area (Å²) in [7, 11) is 1.36. The number of carbonyl (C=O) groups excluding carboxylic acids is 1. The van der Waals surface area contributed by atoms with Gasteiger partial charge in [-0.2, -0.15) is 13.2 Å². The molecule has 1 aromatic heterocycles. The lowest BCUT2D eigenvalue weighted by atomic mass is 9.98. The molecule has 0 aliphatic carbocycles. The summed E-state index contributed by atoms with van der Waals surface area (Å²) in [5.74, 6) is 2.03. The van der Waals surface area contributed by atoms with Crippen LogP contribution < -0.4 is 9.47 Å². The molecule has 3 aromatic rings. The van der Waals surface area contributed by atoms with E-state index in [1.807, 2.05) is 12.1 Å². The van der Waals surface area contributed by atoms with Crippen molar-refractivity contribution in [2.45, 2.75) is 32.0 Å². The van der Waals surface area contributed by atoms with E-state index in [1.54, 1.807) is 19.1 Å². The number of furan rings is 1. The van der Waals surface area contributed by atoms with E-state index in [0.717, 1.165) is 23.3 Å². The lowest BCUT2D eigenvalue weighted by molar-refractivity contribution is -0.141. The van der Waals surface area contributed by atoms with Gasteiger partial charge in [0.15, 0.2) is 0 Å². The predicted molar refractivity (Wildman–Crippen MR) is 110 cm³/mol. The summed E-state index contributed by atoms with van der Waals surface area (Å²) < 4.78 is 60.3. The second-order valence-corrected chi connectivity index (χ2v) is 7.54. The summed E-state index contributed by atoms with van der Waals surface area (Å²) in [6.45, 7) is 2.40. The molecule has 1 aliphatic heterocycles. The zero-order valence-electron chi connectivity index (χ0n) is 17.5. The first-order valence-corrected chi connectivity index (χ1v) is 9.98. The van der Waals surface area contributed by atoms with E-state index in [4.69, 9.17) is 18.6 Å². The minimum Gasteiger partial charge on any atom is -0.492 e. The van der Waals surface area contributed by atoms with E-state index in [2.05, 4.69) is 0 Å². The maximum absolute atomic E-state index is 12.8. The second kappa shape index (κ2) is 8.61. The molecule has 1 atom stereocenters. The zero-order chi connectivity index (χ0) is 22.9. The van der Waals surface area contributed by atoms with Gasteiger partial charge in [0, 0.05) is 28.7 Å². The monoisotopic (exact) mass is 446 g/mol. The zero-order valence-corrected chi connectivity index (χ0v) is 17.5. The molecule has 1 unspecified atom stereocenters. The molecule has 0 spiro atoms. The van der Waals surface area contributed by atoms with Crippen LogP contribution in [0, 0.1) is 6.92 Å². The van der Waals surface area contributed by atoms with Gasteiger partial charge in [-0.3, -0.25) is 4.79 Å². The fourth-order valence-electron chi connectivity index (χ4n) is 3.59. The first-order chi connectivity index (χ1) is 15.2. The third-order valence-corrected chi connectivity index (χ3v) is 5.42. The maximum atomic E-state index is 12.8. The Balaban J connectivity index is 1.43. The van der Waals surface area contributed by atoms with Crippen molar-refractivity contribution in [2.75, 3.05) is 13.7 Å². The molecule has 0 saturated carbocycles. The van der Waals surface area contributed by atoms with Crippen molar-refractivity contribution < 1.29 is 36.6 Å². The smallest absolute Gasteiger partial charge is 0.416 e. The van der Waals surface area contributed by atoms with Crippen LogP contribution in [0.3, 0.4) is 0 Å². The SMILES string of the molecule is COC(=O)CC1COc2cc(OCc3cc(-c4ccc(C(F)(F)F)cc4)oc3C)ccc21. The van der Waals surface area contributed by atoms with Crippen LogP contribution in [-0.2, 0) is 22.3 Å². The molecule has 0 amide bonds. The summed E-state index contributed by atoms with van der Waals surface area (Å²) >= 11 is 0. The summed E-state index contributed by atoms with van der Waals surface area (Å²) in [5.41, 5.74) is 1.56. The first kappa shape index (κ1) is 21.8. The Morgan fingerprint density at radius 3 is 2.56 bits per heavy atom. The van der Waals surface area contributed by atoms with Crippen molar-refractivity contribution in [3.05, 3.63) is 71.0 Å². The molecule has 168 valence electrons. The summed E-state index contributed by atoms with van der Waals surface area (Å²) in [4.78, 5) is 11.5. The molecule has 0 radical (unpaired) electrons. The topological polar surface area (TPSA) is 57.9 Å². The molecule has 8 heteroatoms. The van der Waals surface area contributed by atoms with Crippen LogP contribution in [0.2, 0.25) is 0 Å². The highest BCUT2D eigenvalue weighted by molar-refractivity contribution is 5.71. The van der Waals surface area contributed by atoms with Crippen molar-refractivity contribution in [3.63, 3.8) is 0 Å². The largest absolute Gasteiger partial charge is 0.492 e. The van der Waals surface area contributed by atoms with Gasteiger partial charge in [0.25, 0.3) is 0 Å².